The number of halogens is 1. The van der Waals surface area contributed by atoms with Gasteiger partial charge in [0.25, 0.3) is 0 Å². The third kappa shape index (κ3) is 3.24. The van der Waals surface area contributed by atoms with Crippen LogP contribution in [0.15, 0.2) is 24.3 Å². The molecule has 0 aliphatic carbocycles. The van der Waals surface area contributed by atoms with Gasteiger partial charge < -0.3 is 0 Å². The second-order valence-corrected chi connectivity index (χ2v) is 5.94. The zero-order valence-corrected chi connectivity index (χ0v) is 11.1. The topological polar surface area (TPSA) is 0 Å². The second kappa shape index (κ2) is 4.57. The van der Waals surface area contributed by atoms with Crippen molar-refractivity contribution in [3.05, 3.63) is 35.4 Å². The first-order chi connectivity index (χ1) is 6.82. The lowest BCUT2D eigenvalue weighted by atomic mass is 9.78. The molecule has 1 heteroatoms. The third-order valence-electron chi connectivity index (χ3n) is 3.20. The maximum Gasteiger partial charge on any atom is 0.0615 e. The molecule has 0 saturated carbocycles. The van der Waals surface area contributed by atoms with Crippen LogP contribution in [-0.4, -0.2) is 0 Å². The molecular weight excluding hydrogens is 204 g/mol. The lowest BCUT2D eigenvalue weighted by molar-refractivity contribution is 0.253. The molecule has 2 atom stereocenters. The van der Waals surface area contributed by atoms with Crippen LogP contribution in [-0.2, 0) is 0 Å². The summed E-state index contributed by atoms with van der Waals surface area (Å²) in [5.41, 5.74) is 2.76. The van der Waals surface area contributed by atoms with Crippen molar-refractivity contribution < 1.29 is 0 Å². The Labute approximate surface area is 98.7 Å². The van der Waals surface area contributed by atoms with E-state index in [0.29, 0.717) is 5.92 Å². The average molecular weight is 225 g/mol. The number of rotatable bonds is 2. The zero-order valence-electron chi connectivity index (χ0n) is 10.3. The van der Waals surface area contributed by atoms with Crippen molar-refractivity contribution in [3.8, 4) is 0 Å². The second-order valence-electron chi connectivity index (χ2n) is 5.47. The smallest absolute Gasteiger partial charge is 0.0615 e. The van der Waals surface area contributed by atoms with Crippen molar-refractivity contribution in [2.24, 2.45) is 11.3 Å². The quantitative estimate of drug-likeness (QED) is 0.623. The Kier molecular flexibility index (Phi) is 3.83. The van der Waals surface area contributed by atoms with Crippen LogP contribution in [0.25, 0.3) is 0 Å². The predicted molar refractivity (Wildman–Crippen MR) is 68.4 cm³/mol. The van der Waals surface area contributed by atoms with Crippen LogP contribution in [0.5, 0.6) is 0 Å². The van der Waals surface area contributed by atoms with Gasteiger partial charge in [-0.15, -0.1) is 11.6 Å². The summed E-state index contributed by atoms with van der Waals surface area (Å²) in [6.45, 7) is 11.0. The monoisotopic (exact) mass is 224 g/mol. The van der Waals surface area contributed by atoms with Crippen LogP contribution >= 0.6 is 11.6 Å². The number of benzene rings is 1. The first-order valence-electron chi connectivity index (χ1n) is 5.53. The molecule has 0 radical (unpaired) electrons. The molecule has 0 bridgehead atoms. The summed E-state index contributed by atoms with van der Waals surface area (Å²) in [7, 11) is 0. The standard InChI is InChI=1S/C14H21Cl/c1-10-6-8-12(9-7-10)13(15)11(2)14(3,4)5/h6-9,11,13H,1-5H3. The van der Waals surface area contributed by atoms with E-state index in [1.54, 1.807) is 0 Å². The van der Waals surface area contributed by atoms with Crippen molar-refractivity contribution in [1.82, 2.24) is 0 Å². The maximum atomic E-state index is 6.49. The van der Waals surface area contributed by atoms with E-state index in [2.05, 4.69) is 58.9 Å². The molecule has 0 spiro atoms. The van der Waals surface area contributed by atoms with Gasteiger partial charge in [0.15, 0.2) is 0 Å². The first kappa shape index (κ1) is 12.6. The summed E-state index contributed by atoms with van der Waals surface area (Å²) >= 11 is 6.49. The highest BCUT2D eigenvalue weighted by molar-refractivity contribution is 6.21. The van der Waals surface area contributed by atoms with Crippen LogP contribution in [0, 0.1) is 18.3 Å². The normalized spacial score (nSPS) is 16.1. The number of hydrogen-bond donors (Lipinski definition) is 0. The van der Waals surface area contributed by atoms with Gasteiger partial charge in [-0.2, -0.15) is 0 Å². The summed E-state index contributed by atoms with van der Waals surface area (Å²) in [5.74, 6) is 0.460. The van der Waals surface area contributed by atoms with Gasteiger partial charge in [0.1, 0.15) is 0 Å². The molecule has 15 heavy (non-hydrogen) atoms. The molecule has 0 saturated heterocycles. The fourth-order valence-corrected chi connectivity index (χ4v) is 2.00. The lowest BCUT2D eigenvalue weighted by Crippen LogP contribution is -2.21. The van der Waals surface area contributed by atoms with Crippen LogP contribution in [0.1, 0.15) is 44.2 Å². The maximum absolute atomic E-state index is 6.49. The molecule has 1 aromatic carbocycles. The highest BCUT2D eigenvalue weighted by atomic mass is 35.5. The molecule has 84 valence electrons. The molecule has 0 aliphatic rings. The van der Waals surface area contributed by atoms with Crippen molar-refractivity contribution in [1.29, 1.82) is 0 Å². The highest BCUT2D eigenvalue weighted by Gasteiger charge is 2.27. The Bertz CT molecular complexity index is 305. The van der Waals surface area contributed by atoms with Crippen LogP contribution in [0.2, 0.25) is 0 Å². The molecule has 0 aliphatic heterocycles. The van der Waals surface area contributed by atoms with Crippen molar-refractivity contribution in [3.63, 3.8) is 0 Å². The molecule has 0 fully saturated rings. The van der Waals surface area contributed by atoms with E-state index in [1.807, 2.05) is 0 Å². The molecule has 0 amide bonds. The van der Waals surface area contributed by atoms with E-state index in [-0.39, 0.29) is 10.8 Å². The zero-order chi connectivity index (χ0) is 11.6. The molecule has 0 aromatic heterocycles. The summed E-state index contributed by atoms with van der Waals surface area (Å²) in [5, 5.41) is 0.102. The Morgan fingerprint density at radius 3 is 1.93 bits per heavy atom. The number of aryl methyl sites for hydroxylation is 1. The minimum atomic E-state index is 0.102. The Hall–Kier alpha value is -0.490. The van der Waals surface area contributed by atoms with Gasteiger partial charge in [0.05, 0.1) is 5.38 Å². The van der Waals surface area contributed by atoms with E-state index in [4.69, 9.17) is 11.6 Å². The van der Waals surface area contributed by atoms with E-state index in [0.717, 1.165) is 0 Å². The fraction of sp³-hybridized carbons (Fsp3) is 0.571. The lowest BCUT2D eigenvalue weighted by Gasteiger charge is -2.31. The molecular formula is C14H21Cl. The van der Waals surface area contributed by atoms with Crippen LogP contribution < -0.4 is 0 Å². The minimum absolute atomic E-state index is 0.102. The number of alkyl halides is 1. The van der Waals surface area contributed by atoms with Crippen LogP contribution in [0.4, 0.5) is 0 Å². The molecule has 1 aromatic rings. The molecule has 2 unspecified atom stereocenters. The molecule has 0 nitrogen and oxygen atoms in total. The molecule has 1 rings (SSSR count). The fourth-order valence-electron chi connectivity index (χ4n) is 1.48. The van der Waals surface area contributed by atoms with E-state index < -0.39 is 0 Å². The van der Waals surface area contributed by atoms with Gasteiger partial charge in [-0.1, -0.05) is 57.5 Å². The van der Waals surface area contributed by atoms with Crippen molar-refractivity contribution in [2.45, 2.75) is 40.0 Å². The molecule has 0 heterocycles. The Balaban J connectivity index is 2.85. The van der Waals surface area contributed by atoms with Gasteiger partial charge >= 0.3 is 0 Å². The van der Waals surface area contributed by atoms with E-state index in [9.17, 15) is 0 Å². The van der Waals surface area contributed by atoms with E-state index >= 15 is 0 Å². The predicted octanol–water partition coefficient (Wildman–Crippen LogP) is 4.96. The molecule has 0 N–H and O–H groups in total. The Morgan fingerprint density at radius 1 is 1.07 bits per heavy atom. The Morgan fingerprint density at radius 2 is 1.53 bits per heavy atom. The van der Waals surface area contributed by atoms with Crippen LogP contribution in [0.3, 0.4) is 0 Å². The SMILES string of the molecule is Cc1ccc(C(Cl)C(C)C(C)(C)C)cc1. The minimum Gasteiger partial charge on any atom is -0.118 e. The summed E-state index contributed by atoms with van der Waals surface area (Å²) in [6, 6.07) is 8.52. The van der Waals surface area contributed by atoms with Gasteiger partial charge in [-0.25, -0.2) is 0 Å². The van der Waals surface area contributed by atoms with Gasteiger partial charge in [-0.05, 0) is 23.8 Å². The van der Waals surface area contributed by atoms with Crippen molar-refractivity contribution >= 4 is 11.6 Å². The largest absolute Gasteiger partial charge is 0.118 e. The van der Waals surface area contributed by atoms with Crippen molar-refractivity contribution in [2.75, 3.05) is 0 Å². The van der Waals surface area contributed by atoms with Gasteiger partial charge in [-0.3, -0.25) is 0 Å². The first-order valence-corrected chi connectivity index (χ1v) is 5.96. The van der Waals surface area contributed by atoms with E-state index in [1.165, 1.54) is 11.1 Å². The highest BCUT2D eigenvalue weighted by Crippen LogP contribution is 2.39. The van der Waals surface area contributed by atoms with Gasteiger partial charge in [0, 0.05) is 0 Å². The van der Waals surface area contributed by atoms with Gasteiger partial charge in [0.2, 0.25) is 0 Å². The third-order valence-corrected chi connectivity index (χ3v) is 3.83. The summed E-state index contributed by atoms with van der Waals surface area (Å²) < 4.78 is 0. The average Bonchev–Trinajstić information content (AvgIpc) is 2.15. The summed E-state index contributed by atoms with van der Waals surface area (Å²) in [6.07, 6.45) is 0. The number of hydrogen-bond acceptors (Lipinski definition) is 0. The summed E-state index contributed by atoms with van der Waals surface area (Å²) in [4.78, 5) is 0.